The van der Waals surface area contributed by atoms with Crippen molar-refractivity contribution in [1.29, 1.82) is 0 Å². The predicted molar refractivity (Wildman–Crippen MR) is 122 cm³/mol. The molecular weight excluding hydrogens is 460 g/mol. The third-order valence-corrected chi connectivity index (χ3v) is 7.49. The lowest BCUT2D eigenvalue weighted by Crippen LogP contribution is -2.42. The van der Waals surface area contributed by atoms with Gasteiger partial charge in [0.1, 0.15) is 0 Å². The average Bonchev–Trinajstić information content (AvgIpc) is 3.23. The van der Waals surface area contributed by atoms with E-state index in [1.165, 1.54) is 10.5 Å². The first-order valence-electron chi connectivity index (χ1n) is 10.8. The Kier molecular flexibility index (Phi) is 6.91. The number of sulfonamides is 1. The fourth-order valence-electron chi connectivity index (χ4n) is 3.66. The molecule has 3 heterocycles. The van der Waals surface area contributed by atoms with Gasteiger partial charge in [-0.15, -0.1) is 0 Å². The molecule has 0 aliphatic carbocycles. The quantitative estimate of drug-likeness (QED) is 0.491. The molecule has 0 atom stereocenters. The molecule has 2 aromatic heterocycles. The number of carbonyl (C=O) groups is 2. The van der Waals surface area contributed by atoms with Gasteiger partial charge in [0, 0.05) is 31.8 Å². The topological polar surface area (TPSA) is 135 Å². The van der Waals surface area contributed by atoms with Crippen molar-refractivity contribution >= 4 is 27.5 Å². The van der Waals surface area contributed by atoms with Crippen LogP contribution in [-0.2, 0) is 26.0 Å². The van der Waals surface area contributed by atoms with Gasteiger partial charge in [0.2, 0.25) is 15.9 Å². The minimum Gasteiger partial charge on any atom is -0.379 e. The van der Waals surface area contributed by atoms with Crippen LogP contribution in [0.3, 0.4) is 0 Å². The third-order valence-electron chi connectivity index (χ3n) is 5.58. The van der Waals surface area contributed by atoms with Gasteiger partial charge in [-0.2, -0.15) is 9.40 Å². The standard InChI is InChI=1S/C22H26N6O5S/c1-15-13-20-23-14-19(16(2)28(20)26-15)22(30)25-24-21(29)8-5-17-3-6-18(7-4-17)34(31,32)27-9-11-33-12-10-27/h3-4,6-7,13-14H,5,8-12H2,1-2H3,(H,24,29)(H,25,30). The molecule has 11 nitrogen and oxygen atoms in total. The highest BCUT2D eigenvalue weighted by Gasteiger charge is 2.26. The van der Waals surface area contributed by atoms with Crippen LogP contribution < -0.4 is 10.9 Å². The van der Waals surface area contributed by atoms with Crippen LogP contribution in [0.15, 0.2) is 41.4 Å². The molecule has 2 amide bonds. The number of hydrogen-bond acceptors (Lipinski definition) is 7. The van der Waals surface area contributed by atoms with Crippen molar-refractivity contribution in [2.24, 2.45) is 0 Å². The van der Waals surface area contributed by atoms with Crippen LogP contribution in [0, 0.1) is 13.8 Å². The van der Waals surface area contributed by atoms with E-state index in [2.05, 4.69) is 20.9 Å². The molecule has 34 heavy (non-hydrogen) atoms. The second-order valence-corrected chi connectivity index (χ2v) is 9.91. The highest BCUT2D eigenvalue weighted by Crippen LogP contribution is 2.18. The van der Waals surface area contributed by atoms with Crippen molar-refractivity contribution in [2.45, 2.75) is 31.6 Å². The highest BCUT2D eigenvalue weighted by molar-refractivity contribution is 7.89. The SMILES string of the molecule is Cc1cc2ncc(C(=O)NNC(=O)CCc3ccc(S(=O)(=O)N4CCOCC4)cc3)c(C)n2n1. The highest BCUT2D eigenvalue weighted by atomic mass is 32.2. The summed E-state index contributed by atoms with van der Waals surface area (Å²) in [7, 11) is -3.56. The van der Waals surface area contributed by atoms with E-state index in [9.17, 15) is 18.0 Å². The second-order valence-electron chi connectivity index (χ2n) is 7.98. The summed E-state index contributed by atoms with van der Waals surface area (Å²) >= 11 is 0. The van der Waals surface area contributed by atoms with Crippen LogP contribution in [0.4, 0.5) is 0 Å². The summed E-state index contributed by atoms with van der Waals surface area (Å²) in [6.45, 7) is 5.03. The Morgan fingerprint density at radius 2 is 1.79 bits per heavy atom. The molecule has 1 fully saturated rings. The Morgan fingerprint density at radius 3 is 2.50 bits per heavy atom. The minimum absolute atomic E-state index is 0.116. The Labute approximate surface area is 197 Å². The van der Waals surface area contributed by atoms with Crippen LogP contribution in [0.25, 0.3) is 5.65 Å². The number of nitrogens with one attached hydrogen (secondary N) is 2. The molecule has 3 aromatic rings. The van der Waals surface area contributed by atoms with E-state index < -0.39 is 15.9 Å². The van der Waals surface area contributed by atoms with Crippen LogP contribution in [0.2, 0.25) is 0 Å². The van der Waals surface area contributed by atoms with E-state index in [0.717, 1.165) is 11.3 Å². The van der Waals surface area contributed by atoms with Gasteiger partial charge in [0.05, 0.1) is 35.1 Å². The number of morpholine rings is 1. The number of rotatable bonds is 6. The summed E-state index contributed by atoms with van der Waals surface area (Å²) in [6, 6.07) is 8.28. The number of nitrogens with zero attached hydrogens (tertiary/aromatic N) is 4. The monoisotopic (exact) mass is 486 g/mol. The van der Waals surface area contributed by atoms with Crippen LogP contribution in [0.1, 0.15) is 33.7 Å². The zero-order valence-corrected chi connectivity index (χ0v) is 19.8. The van der Waals surface area contributed by atoms with Crippen molar-refractivity contribution in [3.63, 3.8) is 0 Å². The van der Waals surface area contributed by atoms with Crippen molar-refractivity contribution in [2.75, 3.05) is 26.3 Å². The van der Waals surface area contributed by atoms with Gasteiger partial charge in [-0.25, -0.2) is 17.9 Å². The van der Waals surface area contributed by atoms with Gasteiger partial charge >= 0.3 is 0 Å². The molecule has 1 aliphatic heterocycles. The van der Waals surface area contributed by atoms with Gasteiger partial charge in [0.25, 0.3) is 5.91 Å². The van der Waals surface area contributed by atoms with E-state index in [4.69, 9.17) is 4.74 Å². The third kappa shape index (κ3) is 5.08. The molecule has 0 saturated carbocycles. The second kappa shape index (κ2) is 9.87. The first kappa shape index (κ1) is 23.8. The normalized spacial score (nSPS) is 14.8. The minimum atomic E-state index is -3.56. The van der Waals surface area contributed by atoms with Gasteiger partial charge in [-0.3, -0.25) is 20.4 Å². The summed E-state index contributed by atoms with van der Waals surface area (Å²) in [5.41, 5.74) is 7.94. The first-order chi connectivity index (χ1) is 16.3. The Morgan fingerprint density at radius 1 is 1.09 bits per heavy atom. The number of benzene rings is 1. The molecule has 2 N–H and O–H groups in total. The number of aryl methyl sites for hydroxylation is 3. The van der Waals surface area contributed by atoms with Crippen molar-refractivity contribution in [1.82, 2.24) is 29.8 Å². The number of fused-ring (bicyclic) bond motifs is 1. The lowest BCUT2D eigenvalue weighted by molar-refractivity contribution is -0.121. The zero-order chi connectivity index (χ0) is 24.3. The lowest BCUT2D eigenvalue weighted by atomic mass is 10.1. The van der Waals surface area contributed by atoms with Crippen LogP contribution >= 0.6 is 0 Å². The van der Waals surface area contributed by atoms with E-state index in [0.29, 0.717) is 49.6 Å². The molecular formula is C22H26N6O5S. The Balaban J connectivity index is 1.29. The maximum absolute atomic E-state index is 12.7. The van der Waals surface area contributed by atoms with E-state index >= 15 is 0 Å². The van der Waals surface area contributed by atoms with Crippen molar-refractivity contribution in [3.05, 3.63) is 59.0 Å². The molecule has 4 rings (SSSR count). The van der Waals surface area contributed by atoms with Gasteiger partial charge < -0.3 is 4.74 Å². The number of carbonyl (C=O) groups excluding carboxylic acids is 2. The summed E-state index contributed by atoms with van der Waals surface area (Å²) in [4.78, 5) is 29.1. The maximum atomic E-state index is 12.7. The molecule has 0 radical (unpaired) electrons. The van der Waals surface area contributed by atoms with E-state index in [1.54, 1.807) is 41.8 Å². The van der Waals surface area contributed by atoms with Crippen LogP contribution in [0.5, 0.6) is 0 Å². The summed E-state index contributed by atoms with van der Waals surface area (Å²) in [6.07, 6.45) is 1.95. The summed E-state index contributed by atoms with van der Waals surface area (Å²) in [5.74, 6) is -0.869. The van der Waals surface area contributed by atoms with Crippen molar-refractivity contribution < 1.29 is 22.7 Å². The Bertz CT molecular complexity index is 1310. The molecule has 0 unspecified atom stereocenters. The molecule has 12 heteroatoms. The van der Waals surface area contributed by atoms with Gasteiger partial charge in [-0.1, -0.05) is 12.1 Å². The summed E-state index contributed by atoms with van der Waals surface area (Å²) < 4.78 is 33.6. The molecule has 0 bridgehead atoms. The summed E-state index contributed by atoms with van der Waals surface area (Å²) in [5, 5.41) is 4.30. The van der Waals surface area contributed by atoms with Crippen molar-refractivity contribution in [3.8, 4) is 0 Å². The van der Waals surface area contributed by atoms with Gasteiger partial charge in [-0.05, 0) is 38.0 Å². The Hall–Kier alpha value is -3.35. The number of amides is 2. The number of aromatic nitrogens is 3. The van der Waals surface area contributed by atoms with Gasteiger partial charge in [0.15, 0.2) is 5.65 Å². The number of ether oxygens (including phenoxy) is 1. The number of hydrogen-bond donors (Lipinski definition) is 2. The fourth-order valence-corrected chi connectivity index (χ4v) is 5.07. The zero-order valence-electron chi connectivity index (χ0n) is 18.9. The first-order valence-corrected chi connectivity index (χ1v) is 12.3. The van der Waals surface area contributed by atoms with E-state index in [-0.39, 0.29) is 17.2 Å². The fraction of sp³-hybridized carbons (Fsp3) is 0.364. The largest absolute Gasteiger partial charge is 0.379 e. The maximum Gasteiger partial charge on any atom is 0.273 e. The molecule has 0 spiro atoms. The van der Waals surface area contributed by atoms with E-state index in [1.807, 2.05) is 6.92 Å². The molecule has 1 aliphatic rings. The number of hydrazine groups is 1. The molecule has 1 aromatic carbocycles. The predicted octanol–water partition coefficient (Wildman–Crippen LogP) is 0.761. The smallest absolute Gasteiger partial charge is 0.273 e. The lowest BCUT2D eigenvalue weighted by Gasteiger charge is -2.26. The molecule has 180 valence electrons. The molecule has 1 saturated heterocycles. The van der Waals surface area contributed by atoms with Crippen LogP contribution in [-0.4, -0.2) is 65.4 Å². The average molecular weight is 487 g/mol.